The summed E-state index contributed by atoms with van der Waals surface area (Å²) < 4.78 is 0. The molecule has 0 amide bonds. The van der Waals surface area contributed by atoms with Crippen LogP contribution in [0.4, 0.5) is 0 Å². The van der Waals surface area contributed by atoms with Crippen molar-refractivity contribution in [3.8, 4) is 0 Å². The summed E-state index contributed by atoms with van der Waals surface area (Å²) >= 11 is 1.78. The molecular weight excluding hydrogens is 455 g/mol. The number of likely N-dealkylation sites (tertiary alicyclic amines) is 1. The largest absolute Gasteiger partial charge is 0.356 e. The van der Waals surface area contributed by atoms with Gasteiger partial charge >= 0.3 is 0 Å². The molecule has 4 nitrogen and oxygen atoms in total. The molecule has 0 atom stereocenters. The average Bonchev–Trinajstić information content (AvgIpc) is 2.66. The van der Waals surface area contributed by atoms with Gasteiger partial charge in [-0.25, -0.2) is 0 Å². The first-order valence-corrected chi connectivity index (χ1v) is 10.7. The van der Waals surface area contributed by atoms with E-state index in [2.05, 4.69) is 64.6 Å². The summed E-state index contributed by atoms with van der Waals surface area (Å²) in [6, 6.07) is 8.79. The summed E-state index contributed by atoms with van der Waals surface area (Å²) in [7, 11) is 3.98. The van der Waals surface area contributed by atoms with Crippen LogP contribution in [0.2, 0.25) is 0 Å². The maximum atomic E-state index is 4.44. The Labute approximate surface area is 181 Å². The van der Waals surface area contributed by atoms with Crippen LogP contribution in [0.1, 0.15) is 31.7 Å². The van der Waals surface area contributed by atoms with E-state index in [0.717, 1.165) is 25.0 Å². The highest BCUT2D eigenvalue weighted by Crippen LogP contribution is 2.19. The van der Waals surface area contributed by atoms with Crippen molar-refractivity contribution in [1.82, 2.24) is 15.1 Å². The Hall–Kier alpha value is -0.470. The Kier molecular flexibility index (Phi) is 11.6. The second-order valence-electron chi connectivity index (χ2n) is 6.84. The molecule has 0 saturated carbocycles. The number of hydrogen-bond acceptors (Lipinski definition) is 3. The molecule has 26 heavy (non-hydrogen) atoms. The van der Waals surface area contributed by atoms with Crippen molar-refractivity contribution in [3.05, 3.63) is 29.8 Å². The van der Waals surface area contributed by atoms with E-state index in [1.165, 1.54) is 49.4 Å². The van der Waals surface area contributed by atoms with Crippen molar-refractivity contribution in [2.45, 2.75) is 37.6 Å². The maximum absolute atomic E-state index is 4.44. The van der Waals surface area contributed by atoms with Gasteiger partial charge in [-0.05, 0) is 68.8 Å². The fourth-order valence-corrected chi connectivity index (χ4v) is 3.85. The maximum Gasteiger partial charge on any atom is 0.193 e. The van der Waals surface area contributed by atoms with Crippen LogP contribution in [-0.4, -0.2) is 62.3 Å². The van der Waals surface area contributed by atoms with E-state index in [-0.39, 0.29) is 24.0 Å². The Bertz CT molecular complexity index is 527. The molecule has 1 N–H and O–H groups in total. The number of halogens is 1. The minimum atomic E-state index is 0. The number of nitrogens with zero attached hydrogens (tertiary/aromatic N) is 3. The molecule has 2 rings (SSSR count). The van der Waals surface area contributed by atoms with E-state index in [1.54, 1.807) is 11.8 Å². The summed E-state index contributed by atoms with van der Waals surface area (Å²) in [6.45, 7) is 7.88. The Morgan fingerprint density at radius 3 is 2.46 bits per heavy atom. The van der Waals surface area contributed by atoms with Crippen LogP contribution in [0, 0.1) is 5.92 Å². The van der Waals surface area contributed by atoms with Crippen molar-refractivity contribution in [3.63, 3.8) is 0 Å². The van der Waals surface area contributed by atoms with Crippen molar-refractivity contribution in [2.75, 3.05) is 46.5 Å². The van der Waals surface area contributed by atoms with Crippen LogP contribution in [0.5, 0.6) is 0 Å². The molecule has 0 aromatic heterocycles. The lowest BCUT2D eigenvalue weighted by molar-refractivity contribution is 0.187. The van der Waals surface area contributed by atoms with Crippen molar-refractivity contribution in [1.29, 1.82) is 0 Å². The topological polar surface area (TPSA) is 30.9 Å². The van der Waals surface area contributed by atoms with E-state index in [1.807, 2.05) is 7.05 Å². The molecule has 1 fully saturated rings. The van der Waals surface area contributed by atoms with Crippen LogP contribution < -0.4 is 5.32 Å². The summed E-state index contributed by atoms with van der Waals surface area (Å²) in [6.07, 6.45) is 6.03. The lowest BCUT2D eigenvalue weighted by Crippen LogP contribution is -2.40. The third kappa shape index (κ3) is 7.64. The highest BCUT2D eigenvalue weighted by Gasteiger charge is 2.17. The van der Waals surface area contributed by atoms with Gasteiger partial charge in [-0.1, -0.05) is 19.1 Å². The van der Waals surface area contributed by atoms with Crippen molar-refractivity contribution < 1.29 is 0 Å². The van der Waals surface area contributed by atoms with Gasteiger partial charge in [0.25, 0.3) is 0 Å². The summed E-state index contributed by atoms with van der Waals surface area (Å²) in [4.78, 5) is 10.5. The van der Waals surface area contributed by atoms with Crippen LogP contribution in [0.3, 0.4) is 0 Å². The van der Waals surface area contributed by atoms with E-state index < -0.39 is 0 Å². The van der Waals surface area contributed by atoms with E-state index in [0.29, 0.717) is 0 Å². The minimum Gasteiger partial charge on any atom is -0.356 e. The quantitative estimate of drug-likeness (QED) is 0.269. The first-order valence-electron chi connectivity index (χ1n) is 9.43. The fourth-order valence-electron chi connectivity index (χ4n) is 3.44. The smallest absolute Gasteiger partial charge is 0.193 e. The Balaban J connectivity index is 0.00000338. The summed E-state index contributed by atoms with van der Waals surface area (Å²) in [5, 5.41) is 3.54. The number of rotatable bonds is 7. The number of nitrogens with one attached hydrogen (secondary N) is 1. The van der Waals surface area contributed by atoms with Gasteiger partial charge in [-0.15, -0.1) is 35.7 Å². The Morgan fingerprint density at radius 2 is 1.92 bits per heavy atom. The molecule has 0 aliphatic carbocycles. The van der Waals surface area contributed by atoms with Gasteiger partial charge in [0.15, 0.2) is 5.96 Å². The first kappa shape index (κ1) is 23.6. The summed E-state index contributed by atoms with van der Waals surface area (Å²) in [5.74, 6) is 1.85. The third-order valence-electron chi connectivity index (χ3n) is 5.14. The average molecular weight is 490 g/mol. The second kappa shape index (κ2) is 12.8. The minimum absolute atomic E-state index is 0. The fraction of sp³-hybridized carbons (Fsp3) is 0.650. The molecule has 1 aromatic carbocycles. The van der Waals surface area contributed by atoms with Crippen LogP contribution in [-0.2, 0) is 6.54 Å². The monoisotopic (exact) mass is 490 g/mol. The van der Waals surface area contributed by atoms with Crippen molar-refractivity contribution >= 4 is 41.7 Å². The molecule has 6 heteroatoms. The highest BCUT2D eigenvalue weighted by atomic mass is 127. The molecule has 1 saturated heterocycles. The second-order valence-corrected chi connectivity index (χ2v) is 7.72. The number of piperidine rings is 1. The standard InChI is InChI=1S/C20H34N4S.HI/c1-5-24-14-11-17(12-15-24)10-13-22-20(21-2)23(3)16-18-6-8-19(25-4)9-7-18;/h6-9,17H,5,10-16H2,1-4H3,(H,21,22);1H. The third-order valence-corrected chi connectivity index (χ3v) is 5.89. The molecule has 148 valence electrons. The molecule has 0 spiro atoms. The van der Waals surface area contributed by atoms with Gasteiger partial charge in [-0.3, -0.25) is 4.99 Å². The molecular formula is C20H35IN4S. The summed E-state index contributed by atoms with van der Waals surface area (Å²) in [5.41, 5.74) is 1.31. The zero-order valence-electron chi connectivity index (χ0n) is 16.7. The van der Waals surface area contributed by atoms with Crippen LogP contribution in [0.25, 0.3) is 0 Å². The number of benzene rings is 1. The molecule has 1 heterocycles. The van der Waals surface area contributed by atoms with Crippen LogP contribution >= 0.6 is 35.7 Å². The van der Waals surface area contributed by atoms with E-state index in [9.17, 15) is 0 Å². The predicted octanol–water partition coefficient (Wildman–Crippen LogP) is 4.16. The van der Waals surface area contributed by atoms with Gasteiger partial charge < -0.3 is 15.1 Å². The van der Waals surface area contributed by atoms with Crippen LogP contribution in [0.15, 0.2) is 34.2 Å². The van der Waals surface area contributed by atoms with E-state index >= 15 is 0 Å². The van der Waals surface area contributed by atoms with Gasteiger partial charge in [-0.2, -0.15) is 0 Å². The molecule has 1 aromatic rings. The molecule has 0 radical (unpaired) electrons. The van der Waals surface area contributed by atoms with Gasteiger partial charge in [0, 0.05) is 32.1 Å². The molecule has 0 bridgehead atoms. The SMILES string of the molecule is CCN1CCC(CCNC(=NC)N(C)Cc2ccc(SC)cc2)CC1.I. The molecule has 1 aliphatic rings. The number of thioether (sulfide) groups is 1. The lowest BCUT2D eigenvalue weighted by atomic mass is 9.93. The zero-order chi connectivity index (χ0) is 18.1. The van der Waals surface area contributed by atoms with Gasteiger partial charge in [0.2, 0.25) is 0 Å². The predicted molar refractivity (Wildman–Crippen MR) is 126 cm³/mol. The van der Waals surface area contributed by atoms with E-state index in [4.69, 9.17) is 0 Å². The molecule has 1 aliphatic heterocycles. The number of hydrogen-bond donors (Lipinski definition) is 1. The zero-order valence-corrected chi connectivity index (χ0v) is 19.8. The normalized spacial score (nSPS) is 16.2. The van der Waals surface area contributed by atoms with Gasteiger partial charge in [0.05, 0.1) is 0 Å². The highest BCUT2D eigenvalue weighted by molar-refractivity contribution is 14.0. The Morgan fingerprint density at radius 1 is 1.27 bits per heavy atom. The van der Waals surface area contributed by atoms with Crippen molar-refractivity contribution in [2.24, 2.45) is 10.9 Å². The lowest BCUT2D eigenvalue weighted by Gasteiger charge is -2.31. The first-order chi connectivity index (χ1) is 12.2. The molecule has 0 unspecified atom stereocenters. The number of guanidine groups is 1. The van der Waals surface area contributed by atoms with Gasteiger partial charge in [0.1, 0.15) is 0 Å². The number of aliphatic imine (C=N–C) groups is 1.